The van der Waals surface area contributed by atoms with Gasteiger partial charge in [0.2, 0.25) is 0 Å². The molecule has 4 rings (SSSR count). The van der Waals surface area contributed by atoms with Gasteiger partial charge in [-0.2, -0.15) is 0 Å². The van der Waals surface area contributed by atoms with Crippen molar-refractivity contribution < 1.29 is 29.0 Å². The summed E-state index contributed by atoms with van der Waals surface area (Å²) in [7, 11) is 0. The molecular formula is C23H23NO6. The summed E-state index contributed by atoms with van der Waals surface area (Å²) >= 11 is 0. The van der Waals surface area contributed by atoms with Crippen molar-refractivity contribution in [3.05, 3.63) is 59.7 Å². The van der Waals surface area contributed by atoms with Crippen molar-refractivity contribution >= 4 is 18.0 Å². The zero-order valence-corrected chi connectivity index (χ0v) is 16.6. The molecule has 0 saturated carbocycles. The van der Waals surface area contributed by atoms with Crippen LogP contribution in [0, 0.1) is 0 Å². The van der Waals surface area contributed by atoms with Gasteiger partial charge in [0, 0.05) is 12.5 Å². The van der Waals surface area contributed by atoms with E-state index >= 15 is 0 Å². The number of rotatable bonds is 5. The largest absolute Gasteiger partial charge is 0.479 e. The van der Waals surface area contributed by atoms with Crippen LogP contribution in [0.15, 0.2) is 48.5 Å². The molecule has 30 heavy (non-hydrogen) atoms. The SMILES string of the molecule is C[C@H](OC(=O)[C@@H]1CCCN1C(=O)OCC1c2ccccc2-c2ccccc21)C(=O)O. The van der Waals surface area contributed by atoms with Crippen LogP contribution in [0.4, 0.5) is 4.79 Å². The van der Waals surface area contributed by atoms with Crippen molar-refractivity contribution in [1.29, 1.82) is 0 Å². The Morgan fingerprint density at radius 3 is 2.27 bits per heavy atom. The van der Waals surface area contributed by atoms with Gasteiger partial charge in [-0.3, -0.25) is 4.90 Å². The van der Waals surface area contributed by atoms with E-state index in [9.17, 15) is 14.4 Å². The van der Waals surface area contributed by atoms with Gasteiger partial charge in [0.1, 0.15) is 12.6 Å². The van der Waals surface area contributed by atoms with Crippen LogP contribution in [0.25, 0.3) is 11.1 Å². The minimum atomic E-state index is -1.26. The fourth-order valence-corrected chi connectivity index (χ4v) is 4.21. The standard InChI is InChI=1S/C23H23NO6/c1-14(21(25)26)30-22(27)20-11-6-12-24(20)23(28)29-13-19-17-9-4-2-7-15(17)16-8-3-5-10-18(16)19/h2-5,7-10,14,19-20H,6,11-13H2,1H3,(H,25,26)/t14-,20-/m0/s1. The monoisotopic (exact) mass is 409 g/mol. The summed E-state index contributed by atoms with van der Waals surface area (Å²) in [4.78, 5) is 37.3. The number of aliphatic carboxylic acids is 1. The lowest BCUT2D eigenvalue weighted by molar-refractivity contribution is -0.165. The molecule has 1 N–H and O–H groups in total. The lowest BCUT2D eigenvalue weighted by Gasteiger charge is -2.24. The fraction of sp³-hybridized carbons (Fsp3) is 0.348. The van der Waals surface area contributed by atoms with E-state index < -0.39 is 30.2 Å². The molecule has 2 aromatic rings. The molecule has 1 saturated heterocycles. The summed E-state index contributed by atoms with van der Waals surface area (Å²) in [5.41, 5.74) is 4.50. The van der Waals surface area contributed by atoms with Crippen molar-refractivity contribution in [2.24, 2.45) is 0 Å². The van der Waals surface area contributed by atoms with Crippen LogP contribution in [0.1, 0.15) is 36.8 Å². The number of amides is 1. The summed E-state index contributed by atoms with van der Waals surface area (Å²) in [6, 6.07) is 15.3. The van der Waals surface area contributed by atoms with Gasteiger partial charge in [-0.15, -0.1) is 0 Å². The van der Waals surface area contributed by atoms with E-state index in [4.69, 9.17) is 14.6 Å². The molecule has 7 nitrogen and oxygen atoms in total. The molecule has 2 aliphatic rings. The molecule has 2 aromatic carbocycles. The number of nitrogens with zero attached hydrogens (tertiary/aromatic N) is 1. The summed E-state index contributed by atoms with van der Waals surface area (Å²) in [5, 5.41) is 8.93. The van der Waals surface area contributed by atoms with E-state index in [1.54, 1.807) is 0 Å². The molecule has 7 heteroatoms. The van der Waals surface area contributed by atoms with Crippen molar-refractivity contribution in [2.45, 2.75) is 37.8 Å². The minimum Gasteiger partial charge on any atom is -0.479 e. The van der Waals surface area contributed by atoms with Crippen molar-refractivity contribution in [3.63, 3.8) is 0 Å². The molecule has 1 aliphatic heterocycles. The quantitative estimate of drug-likeness (QED) is 0.761. The molecule has 0 aromatic heterocycles. The lowest BCUT2D eigenvalue weighted by Crippen LogP contribution is -2.43. The summed E-state index contributed by atoms with van der Waals surface area (Å²) in [6.45, 7) is 1.82. The van der Waals surface area contributed by atoms with E-state index in [0.29, 0.717) is 19.4 Å². The molecule has 156 valence electrons. The van der Waals surface area contributed by atoms with Gasteiger partial charge in [0.25, 0.3) is 0 Å². The van der Waals surface area contributed by atoms with Crippen LogP contribution >= 0.6 is 0 Å². The lowest BCUT2D eigenvalue weighted by atomic mass is 9.98. The molecule has 1 fully saturated rings. The van der Waals surface area contributed by atoms with E-state index in [1.807, 2.05) is 36.4 Å². The van der Waals surface area contributed by atoms with Crippen LogP contribution in [0.5, 0.6) is 0 Å². The molecule has 0 radical (unpaired) electrons. The van der Waals surface area contributed by atoms with Gasteiger partial charge >= 0.3 is 18.0 Å². The molecule has 1 amide bonds. The minimum absolute atomic E-state index is 0.0682. The van der Waals surface area contributed by atoms with Gasteiger partial charge < -0.3 is 14.6 Å². The van der Waals surface area contributed by atoms with E-state index in [1.165, 1.54) is 11.8 Å². The Kier molecular flexibility index (Phi) is 5.44. The Bertz CT molecular complexity index is 942. The molecular weight excluding hydrogens is 386 g/mol. The third-order valence-electron chi connectivity index (χ3n) is 5.74. The van der Waals surface area contributed by atoms with Gasteiger partial charge in [-0.05, 0) is 42.0 Å². The number of esters is 1. The Hall–Kier alpha value is -3.35. The highest BCUT2D eigenvalue weighted by Crippen LogP contribution is 2.44. The second-order valence-corrected chi connectivity index (χ2v) is 7.57. The van der Waals surface area contributed by atoms with E-state index in [0.717, 1.165) is 22.3 Å². The fourth-order valence-electron chi connectivity index (χ4n) is 4.21. The van der Waals surface area contributed by atoms with Crippen molar-refractivity contribution in [3.8, 4) is 11.1 Å². The average molecular weight is 409 g/mol. The maximum absolute atomic E-state index is 12.7. The molecule has 0 spiro atoms. The van der Waals surface area contributed by atoms with Crippen LogP contribution in [0.2, 0.25) is 0 Å². The second kappa shape index (κ2) is 8.18. The number of carboxylic acid groups (broad SMARTS) is 1. The highest BCUT2D eigenvalue weighted by molar-refractivity contribution is 5.84. The van der Waals surface area contributed by atoms with Crippen LogP contribution in [-0.4, -0.2) is 53.3 Å². The van der Waals surface area contributed by atoms with E-state index in [-0.39, 0.29) is 12.5 Å². The maximum Gasteiger partial charge on any atom is 0.410 e. The molecule has 0 bridgehead atoms. The Balaban J connectivity index is 1.45. The van der Waals surface area contributed by atoms with Gasteiger partial charge in [0.15, 0.2) is 6.10 Å². The molecule has 2 atom stereocenters. The predicted molar refractivity (Wildman–Crippen MR) is 108 cm³/mol. The third kappa shape index (κ3) is 3.63. The predicted octanol–water partition coefficient (Wildman–Crippen LogP) is 3.42. The Morgan fingerprint density at radius 2 is 1.67 bits per heavy atom. The van der Waals surface area contributed by atoms with Crippen LogP contribution in [-0.2, 0) is 19.1 Å². The number of likely N-dealkylation sites (tertiary alicyclic amines) is 1. The number of hydrogen-bond donors (Lipinski definition) is 1. The highest BCUT2D eigenvalue weighted by Gasteiger charge is 2.38. The smallest absolute Gasteiger partial charge is 0.410 e. The first-order chi connectivity index (χ1) is 14.5. The normalized spacial score (nSPS) is 18.4. The van der Waals surface area contributed by atoms with Crippen LogP contribution in [0.3, 0.4) is 0 Å². The van der Waals surface area contributed by atoms with Crippen LogP contribution < -0.4 is 0 Å². The topological polar surface area (TPSA) is 93.1 Å². The van der Waals surface area contributed by atoms with E-state index in [2.05, 4.69) is 12.1 Å². The molecule has 1 aliphatic carbocycles. The second-order valence-electron chi connectivity index (χ2n) is 7.57. The number of fused-ring (bicyclic) bond motifs is 3. The summed E-state index contributed by atoms with van der Waals surface area (Å²) < 4.78 is 10.6. The molecule has 1 heterocycles. The number of carbonyl (C=O) groups is 3. The zero-order valence-electron chi connectivity index (χ0n) is 16.6. The van der Waals surface area contributed by atoms with Gasteiger partial charge in [-0.1, -0.05) is 48.5 Å². The first kappa shape index (κ1) is 19.9. The highest BCUT2D eigenvalue weighted by atomic mass is 16.6. The van der Waals surface area contributed by atoms with Gasteiger partial charge in [-0.25, -0.2) is 14.4 Å². The summed E-state index contributed by atoms with van der Waals surface area (Å²) in [5.74, 6) is -2.01. The zero-order chi connectivity index (χ0) is 21.3. The first-order valence-electron chi connectivity index (χ1n) is 10.0. The summed E-state index contributed by atoms with van der Waals surface area (Å²) in [6.07, 6.45) is -0.789. The van der Waals surface area contributed by atoms with Crippen molar-refractivity contribution in [2.75, 3.05) is 13.2 Å². The average Bonchev–Trinajstić information content (AvgIpc) is 3.35. The number of carbonyl (C=O) groups excluding carboxylic acids is 2. The first-order valence-corrected chi connectivity index (χ1v) is 10.0. The maximum atomic E-state index is 12.7. The number of ether oxygens (including phenoxy) is 2. The van der Waals surface area contributed by atoms with Gasteiger partial charge in [0.05, 0.1) is 0 Å². The Labute approximate surface area is 174 Å². The van der Waals surface area contributed by atoms with Crippen molar-refractivity contribution in [1.82, 2.24) is 4.90 Å². The third-order valence-corrected chi connectivity index (χ3v) is 5.74. The number of hydrogen-bond acceptors (Lipinski definition) is 5. The molecule has 0 unspecified atom stereocenters. The number of benzene rings is 2. The Morgan fingerprint density at radius 1 is 1.07 bits per heavy atom. The number of carboxylic acids is 1.